The van der Waals surface area contributed by atoms with Gasteiger partial charge in [0.2, 0.25) is 5.91 Å². The molecule has 0 fully saturated rings. The second kappa shape index (κ2) is 10.7. The Labute approximate surface area is 194 Å². The number of carbonyl (C=O) groups excluding carboxylic acids is 1. The lowest BCUT2D eigenvalue weighted by Gasteiger charge is -2.13. The van der Waals surface area contributed by atoms with Gasteiger partial charge in [-0.1, -0.05) is 18.2 Å². The van der Waals surface area contributed by atoms with Crippen molar-refractivity contribution in [2.45, 2.75) is 31.6 Å². The number of nitriles is 1. The summed E-state index contributed by atoms with van der Waals surface area (Å²) in [7, 11) is -3.86. The number of hydrogen-bond donors (Lipinski definition) is 2. The van der Waals surface area contributed by atoms with Crippen molar-refractivity contribution in [2.24, 2.45) is 0 Å². The highest BCUT2D eigenvalue weighted by Crippen LogP contribution is 2.24. The zero-order chi connectivity index (χ0) is 23.8. The molecule has 3 rings (SSSR count). The Morgan fingerprint density at radius 3 is 2.30 bits per heavy atom. The van der Waals surface area contributed by atoms with Crippen LogP contribution in [0.25, 0.3) is 0 Å². The van der Waals surface area contributed by atoms with Gasteiger partial charge in [-0.3, -0.25) is 9.52 Å². The molecule has 0 saturated heterocycles. The summed E-state index contributed by atoms with van der Waals surface area (Å²) >= 11 is 0. The van der Waals surface area contributed by atoms with Gasteiger partial charge in [-0.2, -0.15) is 5.26 Å². The van der Waals surface area contributed by atoms with Crippen molar-refractivity contribution in [1.29, 1.82) is 5.26 Å². The van der Waals surface area contributed by atoms with Gasteiger partial charge in [-0.15, -0.1) is 0 Å². The summed E-state index contributed by atoms with van der Waals surface area (Å²) in [6.07, 6.45) is 0.736. The number of carbonyl (C=O) groups is 1. The average molecular weight is 464 g/mol. The van der Waals surface area contributed by atoms with E-state index in [9.17, 15) is 13.2 Å². The Bertz CT molecular complexity index is 1260. The molecule has 1 amide bonds. The standard InChI is InChI=1S/C25H25N3O4S/c1-3-32-23-13-11-21(12-14-23)28-33(30,31)24-16-22(10-4-18(24)2)27-25(29)15-9-19-5-7-20(17-26)8-6-19/h4-8,10-14,16,28H,3,9,15H2,1-2H3,(H,27,29). The Morgan fingerprint density at radius 1 is 1.00 bits per heavy atom. The van der Waals surface area contributed by atoms with E-state index in [0.717, 1.165) is 5.56 Å². The molecule has 8 heteroatoms. The van der Waals surface area contributed by atoms with E-state index in [1.54, 1.807) is 55.5 Å². The lowest BCUT2D eigenvalue weighted by Crippen LogP contribution is -2.16. The molecule has 170 valence electrons. The molecule has 0 aliphatic rings. The zero-order valence-corrected chi connectivity index (χ0v) is 19.3. The van der Waals surface area contributed by atoms with E-state index < -0.39 is 10.0 Å². The van der Waals surface area contributed by atoms with E-state index in [1.807, 2.05) is 19.1 Å². The number of sulfonamides is 1. The fraction of sp³-hybridized carbons (Fsp3) is 0.200. The van der Waals surface area contributed by atoms with Crippen LogP contribution in [-0.4, -0.2) is 20.9 Å². The summed E-state index contributed by atoms with van der Waals surface area (Å²) in [4.78, 5) is 12.5. The van der Waals surface area contributed by atoms with Gasteiger partial charge < -0.3 is 10.1 Å². The molecule has 0 aliphatic carbocycles. The summed E-state index contributed by atoms with van der Waals surface area (Å²) in [5.41, 5.74) is 2.88. The SMILES string of the molecule is CCOc1ccc(NS(=O)(=O)c2cc(NC(=O)CCc3ccc(C#N)cc3)ccc2C)cc1. The van der Waals surface area contributed by atoms with Gasteiger partial charge in [0.05, 0.1) is 23.1 Å². The van der Waals surface area contributed by atoms with E-state index in [-0.39, 0.29) is 17.2 Å². The maximum absolute atomic E-state index is 13.0. The Morgan fingerprint density at radius 2 is 1.67 bits per heavy atom. The molecule has 3 aromatic carbocycles. The van der Waals surface area contributed by atoms with Gasteiger partial charge in [0, 0.05) is 17.8 Å². The number of hydrogen-bond acceptors (Lipinski definition) is 5. The topological polar surface area (TPSA) is 108 Å². The molecule has 3 aromatic rings. The van der Waals surface area contributed by atoms with Crippen LogP contribution < -0.4 is 14.8 Å². The van der Waals surface area contributed by atoms with Crippen LogP contribution in [0.3, 0.4) is 0 Å². The molecule has 0 heterocycles. The van der Waals surface area contributed by atoms with Crippen LogP contribution >= 0.6 is 0 Å². The number of aryl methyl sites for hydroxylation is 2. The highest BCUT2D eigenvalue weighted by atomic mass is 32.2. The normalized spacial score (nSPS) is 10.8. The fourth-order valence-electron chi connectivity index (χ4n) is 3.19. The van der Waals surface area contributed by atoms with E-state index in [0.29, 0.717) is 41.3 Å². The first kappa shape index (κ1) is 23.8. The summed E-state index contributed by atoms with van der Waals surface area (Å²) in [5, 5.41) is 11.6. The molecular weight excluding hydrogens is 438 g/mol. The molecule has 2 N–H and O–H groups in total. The summed E-state index contributed by atoms with van der Waals surface area (Å²) in [6, 6.07) is 20.5. The molecule has 33 heavy (non-hydrogen) atoms. The van der Waals surface area contributed by atoms with Crippen molar-refractivity contribution in [2.75, 3.05) is 16.6 Å². The first-order chi connectivity index (χ1) is 15.8. The third-order valence-electron chi connectivity index (χ3n) is 4.90. The third kappa shape index (κ3) is 6.57. The van der Waals surface area contributed by atoms with Crippen molar-refractivity contribution in [3.63, 3.8) is 0 Å². The van der Waals surface area contributed by atoms with Gasteiger partial charge >= 0.3 is 0 Å². The van der Waals surface area contributed by atoms with E-state index in [1.165, 1.54) is 6.07 Å². The molecule has 0 saturated carbocycles. The predicted molar refractivity (Wildman–Crippen MR) is 128 cm³/mol. The molecule has 0 atom stereocenters. The van der Waals surface area contributed by atoms with Crippen LogP contribution in [-0.2, 0) is 21.2 Å². The maximum atomic E-state index is 13.0. The lowest BCUT2D eigenvalue weighted by molar-refractivity contribution is -0.116. The Hall–Kier alpha value is -3.83. The van der Waals surface area contributed by atoms with Crippen LogP contribution in [0.5, 0.6) is 5.75 Å². The van der Waals surface area contributed by atoms with E-state index in [2.05, 4.69) is 16.1 Å². The molecular formula is C25H25N3O4S. The molecule has 0 radical (unpaired) electrons. The van der Waals surface area contributed by atoms with Crippen LogP contribution in [0, 0.1) is 18.3 Å². The van der Waals surface area contributed by atoms with Crippen LogP contribution in [0.2, 0.25) is 0 Å². The van der Waals surface area contributed by atoms with Crippen molar-refractivity contribution in [1.82, 2.24) is 0 Å². The van der Waals surface area contributed by atoms with Gasteiger partial charge in [0.15, 0.2) is 0 Å². The van der Waals surface area contributed by atoms with Gasteiger partial charge in [-0.25, -0.2) is 8.42 Å². The minimum absolute atomic E-state index is 0.0845. The Kier molecular flexibility index (Phi) is 7.70. The number of rotatable bonds is 9. The summed E-state index contributed by atoms with van der Waals surface area (Å²) < 4.78 is 33.9. The highest BCUT2D eigenvalue weighted by molar-refractivity contribution is 7.92. The number of amides is 1. The van der Waals surface area contributed by atoms with Gasteiger partial charge in [-0.05, 0) is 79.9 Å². The average Bonchev–Trinajstić information content (AvgIpc) is 2.80. The summed E-state index contributed by atoms with van der Waals surface area (Å²) in [5.74, 6) is 0.424. The fourth-order valence-corrected chi connectivity index (χ4v) is 4.52. The number of benzene rings is 3. The zero-order valence-electron chi connectivity index (χ0n) is 18.5. The van der Waals surface area contributed by atoms with E-state index in [4.69, 9.17) is 10.00 Å². The first-order valence-electron chi connectivity index (χ1n) is 10.5. The Balaban J connectivity index is 1.67. The molecule has 0 bridgehead atoms. The number of nitrogens with one attached hydrogen (secondary N) is 2. The van der Waals surface area contributed by atoms with E-state index >= 15 is 0 Å². The van der Waals surface area contributed by atoms with Crippen LogP contribution in [0.1, 0.15) is 30.0 Å². The summed E-state index contributed by atoms with van der Waals surface area (Å²) in [6.45, 7) is 4.09. The highest BCUT2D eigenvalue weighted by Gasteiger charge is 2.18. The molecule has 0 spiro atoms. The smallest absolute Gasteiger partial charge is 0.262 e. The first-order valence-corrected chi connectivity index (χ1v) is 11.9. The predicted octanol–water partition coefficient (Wildman–Crippen LogP) is 4.64. The molecule has 7 nitrogen and oxygen atoms in total. The second-order valence-corrected chi connectivity index (χ2v) is 9.05. The quantitative estimate of drug-likeness (QED) is 0.481. The van der Waals surface area contributed by atoms with Crippen molar-refractivity contribution in [3.8, 4) is 11.8 Å². The van der Waals surface area contributed by atoms with Gasteiger partial charge in [0.1, 0.15) is 5.75 Å². The minimum atomic E-state index is -3.86. The lowest BCUT2D eigenvalue weighted by atomic mass is 10.1. The van der Waals surface area contributed by atoms with Gasteiger partial charge in [0.25, 0.3) is 10.0 Å². The number of nitrogens with zero attached hydrogens (tertiary/aromatic N) is 1. The third-order valence-corrected chi connectivity index (χ3v) is 6.43. The van der Waals surface area contributed by atoms with Crippen molar-refractivity contribution < 1.29 is 17.9 Å². The molecule has 0 unspecified atom stereocenters. The second-order valence-electron chi connectivity index (χ2n) is 7.40. The number of ether oxygens (including phenoxy) is 1. The largest absolute Gasteiger partial charge is 0.494 e. The van der Waals surface area contributed by atoms with Crippen LogP contribution in [0.15, 0.2) is 71.6 Å². The molecule has 0 aromatic heterocycles. The van der Waals surface area contributed by atoms with Crippen molar-refractivity contribution in [3.05, 3.63) is 83.4 Å². The van der Waals surface area contributed by atoms with Crippen molar-refractivity contribution >= 4 is 27.3 Å². The monoisotopic (exact) mass is 463 g/mol. The molecule has 0 aliphatic heterocycles. The number of anilines is 2. The maximum Gasteiger partial charge on any atom is 0.262 e. The minimum Gasteiger partial charge on any atom is -0.494 e. The van der Waals surface area contributed by atoms with Crippen LogP contribution in [0.4, 0.5) is 11.4 Å².